The predicted octanol–water partition coefficient (Wildman–Crippen LogP) is 3.16. The van der Waals surface area contributed by atoms with Crippen molar-refractivity contribution in [1.82, 2.24) is 10.2 Å². The quantitative estimate of drug-likeness (QED) is 0.756. The molecule has 3 amide bonds. The van der Waals surface area contributed by atoms with Crippen molar-refractivity contribution in [3.63, 3.8) is 0 Å². The van der Waals surface area contributed by atoms with Gasteiger partial charge in [-0.2, -0.15) is 0 Å². The third-order valence-electron chi connectivity index (χ3n) is 4.94. The lowest BCUT2D eigenvalue weighted by molar-refractivity contribution is -0.136. The van der Waals surface area contributed by atoms with Crippen LogP contribution >= 0.6 is 11.6 Å². The molecular formula is C21H18ClN3O4. The monoisotopic (exact) mass is 411 g/mol. The van der Waals surface area contributed by atoms with Crippen LogP contribution in [-0.4, -0.2) is 36.0 Å². The molecule has 0 saturated carbocycles. The number of carbonyl (C=O) groups excluding carboxylic acids is 3. The molecular weight excluding hydrogens is 394 g/mol. The molecule has 7 nitrogen and oxygen atoms in total. The van der Waals surface area contributed by atoms with Gasteiger partial charge in [-0.1, -0.05) is 48.0 Å². The van der Waals surface area contributed by atoms with Gasteiger partial charge in [0.15, 0.2) is 0 Å². The summed E-state index contributed by atoms with van der Waals surface area (Å²) in [6, 6.07) is 13.1. The lowest BCUT2D eigenvalue weighted by Crippen LogP contribution is -2.49. The maximum atomic E-state index is 12.8. The number of hydrogen-bond donors (Lipinski definition) is 2. The number of nitrogens with one attached hydrogen (secondary N) is 2. The number of nitrogens with zero attached hydrogens (tertiary/aromatic N) is 1. The van der Waals surface area contributed by atoms with Crippen molar-refractivity contribution >= 4 is 35.2 Å². The van der Waals surface area contributed by atoms with Crippen molar-refractivity contribution in [2.24, 2.45) is 0 Å². The number of urea groups is 1. The minimum atomic E-state index is -0.725. The molecule has 2 N–H and O–H groups in total. The van der Waals surface area contributed by atoms with Gasteiger partial charge in [-0.25, -0.2) is 9.59 Å². The van der Waals surface area contributed by atoms with E-state index in [1.807, 2.05) is 25.1 Å². The summed E-state index contributed by atoms with van der Waals surface area (Å²) >= 11 is 6.27. The van der Waals surface area contributed by atoms with Gasteiger partial charge in [0.2, 0.25) is 5.91 Å². The zero-order valence-electron chi connectivity index (χ0n) is 15.6. The van der Waals surface area contributed by atoms with Gasteiger partial charge in [0.05, 0.1) is 17.3 Å². The van der Waals surface area contributed by atoms with E-state index in [4.69, 9.17) is 16.3 Å². The molecule has 0 bridgehead atoms. The van der Waals surface area contributed by atoms with Gasteiger partial charge in [0.25, 0.3) is 0 Å². The minimum Gasteiger partial charge on any atom is -0.456 e. The highest BCUT2D eigenvalue weighted by Gasteiger charge is 2.43. The Morgan fingerprint density at radius 1 is 1.21 bits per heavy atom. The number of cyclic esters (lactones) is 1. The molecule has 29 heavy (non-hydrogen) atoms. The summed E-state index contributed by atoms with van der Waals surface area (Å²) < 4.78 is 5.17. The zero-order valence-corrected chi connectivity index (χ0v) is 16.3. The number of benzene rings is 2. The highest BCUT2D eigenvalue weighted by Crippen LogP contribution is 2.37. The fourth-order valence-electron chi connectivity index (χ4n) is 3.47. The van der Waals surface area contributed by atoms with Crippen molar-refractivity contribution in [1.29, 1.82) is 0 Å². The molecule has 0 aliphatic carbocycles. The number of para-hydroxylation sites is 1. The summed E-state index contributed by atoms with van der Waals surface area (Å²) in [5.41, 5.74) is 2.83. The summed E-state index contributed by atoms with van der Waals surface area (Å²) in [4.78, 5) is 38.9. The topological polar surface area (TPSA) is 87.7 Å². The molecule has 0 radical (unpaired) electrons. The van der Waals surface area contributed by atoms with Gasteiger partial charge in [-0.05, 0) is 30.2 Å². The first-order valence-electron chi connectivity index (χ1n) is 9.04. The van der Waals surface area contributed by atoms with Crippen LogP contribution in [0.25, 0.3) is 0 Å². The maximum absolute atomic E-state index is 12.8. The normalized spacial score (nSPS) is 18.3. The summed E-state index contributed by atoms with van der Waals surface area (Å²) in [5.74, 6) is -0.911. The van der Waals surface area contributed by atoms with E-state index >= 15 is 0 Å². The molecule has 0 unspecified atom stereocenters. The highest BCUT2D eigenvalue weighted by atomic mass is 35.5. The molecule has 2 heterocycles. The van der Waals surface area contributed by atoms with Gasteiger partial charge in [-0.15, -0.1) is 0 Å². The number of rotatable bonds is 4. The van der Waals surface area contributed by atoms with Crippen LogP contribution in [0, 0.1) is 6.92 Å². The summed E-state index contributed by atoms with van der Waals surface area (Å²) in [6.07, 6.45) is 0. The molecule has 2 aliphatic rings. The molecule has 0 aromatic heterocycles. The first kappa shape index (κ1) is 19.0. The van der Waals surface area contributed by atoms with E-state index in [1.165, 1.54) is 4.90 Å². The molecule has 1 atom stereocenters. The van der Waals surface area contributed by atoms with Gasteiger partial charge in [0.1, 0.15) is 13.2 Å². The fraction of sp³-hybridized carbons (Fsp3) is 0.190. The van der Waals surface area contributed by atoms with Gasteiger partial charge >= 0.3 is 12.0 Å². The van der Waals surface area contributed by atoms with E-state index in [0.29, 0.717) is 27.5 Å². The molecule has 2 aromatic carbocycles. The fourth-order valence-corrected chi connectivity index (χ4v) is 3.71. The Morgan fingerprint density at radius 2 is 1.93 bits per heavy atom. The van der Waals surface area contributed by atoms with Crippen molar-refractivity contribution in [3.8, 4) is 0 Å². The van der Waals surface area contributed by atoms with E-state index in [-0.39, 0.29) is 19.1 Å². The van der Waals surface area contributed by atoms with Crippen LogP contribution < -0.4 is 10.6 Å². The van der Waals surface area contributed by atoms with Crippen LogP contribution in [0.3, 0.4) is 0 Å². The standard InChI is InChI=1S/C21H18ClN3O4/c1-12-6-2-5-9-15(12)23-17(26)10-25-16-11-29-20(27)18(16)19(24-21(25)28)13-7-3-4-8-14(13)22/h2-9,19H,10-11H2,1H3,(H,23,26)(H,24,28)/t19-/m1/s1. The van der Waals surface area contributed by atoms with Crippen LogP contribution in [0.2, 0.25) is 5.02 Å². The number of ether oxygens (including phenoxy) is 1. The van der Waals surface area contributed by atoms with E-state index < -0.39 is 18.0 Å². The van der Waals surface area contributed by atoms with Crippen molar-refractivity contribution in [3.05, 3.63) is 76.0 Å². The Balaban J connectivity index is 1.62. The number of aryl methyl sites for hydroxylation is 1. The second-order valence-corrected chi connectivity index (χ2v) is 7.20. The average molecular weight is 412 g/mol. The SMILES string of the molecule is Cc1ccccc1NC(=O)CN1C(=O)N[C@H](c2ccccc2Cl)C2=C1COC2=O. The second-order valence-electron chi connectivity index (χ2n) is 6.79. The third-order valence-corrected chi connectivity index (χ3v) is 5.28. The largest absolute Gasteiger partial charge is 0.456 e. The van der Waals surface area contributed by atoms with Crippen LogP contribution in [0.4, 0.5) is 10.5 Å². The highest BCUT2D eigenvalue weighted by molar-refractivity contribution is 6.31. The Kier molecular flexibility index (Phi) is 4.98. The summed E-state index contributed by atoms with van der Waals surface area (Å²) in [7, 11) is 0. The number of halogens is 1. The van der Waals surface area contributed by atoms with E-state index in [0.717, 1.165) is 5.56 Å². The number of amides is 3. The Bertz CT molecular complexity index is 1050. The smallest absolute Gasteiger partial charge is 0.338 e. The van der Waals surface area contributed by atoms with Gasteiger partial charge in [0, 0.05) is 10.7 Å². The number of anilines is 1. The van der Waals surface area contributed by atoms with Gasteiger partial charge in [-0.3, -0.25) is 9.69 Å². The van der Waals surface area contributed by atoms with Crippen molar-refractivity contribution < 1.29 is 19.1 Å². The first-order chi connectivity index (χ1) is 14.0. The van der Waals surface area contributed by atoms with Crippen LogP contribution in [0.15, 0.2) is 59.8 Å². The number of esters is 1. The number of hydrogen-bond acceptors (Lipinski definition) is 4. The van der Waals surface area contributed by atoms with Crippen LogP contribution in [-0.2, 0) is 14.3 Å². The lowest BCUT2D eigenvalue weighted by Gasteiger charge is -2.32. The molecule has 0 saturated heterocycles. The first-order valence-corrected chi connectivity index (χ1v) is 9.41. The summed E-state index contributed by atoms with van der Waals surface area (Å²) in [5, 5.41) is 5.99. The third kappa shape index (κ3) is 3.56. The average Bonchev–Trinajstić information content (AvgIpc) is 3.08. The molecule has 148 valence electrons. The Morgan fingerprint density at radius 3 is 2.69 bits per heavy atom. The zero-order chi connectivity index (χ0) is 20.5. The maximum Gasteiger partial charge on any atom is 0.338 e. The molecule has 2 aromatic rings. The molecule has 4 rings (SSSR count). The molecule has 2 aliphatic heterocycles. The Labute approximate surface area is 172 Å². The molecule has 0 fully saturated rings. The lowest BCUT2D eigenvalue weighted by atomic mass is 9.95. The van der Waals surface area contributed by atoms with E-state index in [2.05, 4.69) is 10.6 Å². The molecule has 8 heteroatoms. The minimum absolute atomic E-state index is 0.0693. The van der Waals surface area contributed by atoms with Crippen molar-refractivity contribution in [2.75, 3.05) is 18.5 Å². The predicted molar refractivity (Wildman–Crippen MR) is 107 cm³/mol. The Hall–Kier alpha value is -3.32. The second kappa shape index (κ2) is 7.60. The molecule has 0 spiro atoms. The van der Waals surface area contributed by atoms with E-state index in [1.54, 1.807) is 30.3 Å². The van der Waals surface area contributed by atoms with Crippen LogP contribution in [0.1, 0.15) is 17.2 Å². The van der Waals surface area contributed by atoms with Crippen LogP contribution in [0.5, 0.6) is 0 Å². The van der Waals surface area contributed by atoms with Crippen molar-refractivity contribution in [2.45, 2.75) is 13.0 Å². The van der Waals surface area contributed by atoms with Gasteiger partial charge < -0.3 is 15.4 Å². The van der Waals surface area contributed by atoms with E-state index in [9.17, 15) is 14.4 Å². The summed E-state index contributed by atoms with van der Waals surface area (Å²) in [6.45, 7) is 1.56. The number of carbonyl (C=O) groups is 3.